The molecule has 0 aliphatic heterocycles. The van der Waals surface area contributed by atoms with E-state index in [2.05, 4.69) is 4.99 Å². The third-order valence-electron chi connectivity index (χ3n) is 2.21. The van der Waals surface area contributed by atoms with Crippen LogP contribution in [-0.2, 0) is 0 Å². The molecule has 0 aliphatic carbocycles. The van der Waals surface area contributed by atoms with Crippen molar-refractivity contribution in [1.82, 2.24) is 0 Å². The molecule has 2 rings (SSSR count). The maximum Gasteiger partial charge on any atom is 0.124 e. The van der Waals surface area contributed by atoms with Gasteiger partial charge in [0.2, 0.25) is 0 Å². The summed E-state index contributed by atoms with van der Waals surface area (Å²) in [7, 11) is 1.70. The lowest BCUT2D eigenvalue weighted by atomic mass is 10.0. The Morgan fingerprint density at radius 2 is 1.93 bits per heavy atom. The van der Waals surface area contributed by atoms with Gasteiger partial charge in [-0.15, -0.1) is 0 Å². The molecular formula is C12H11NO. The molecule has 0 atom stereocenters. The zero-order chi connectivity index (χ0) is 9.97. The highest BCUT2D eigenvalue weighted by atomic mass is 16.3. The van der Waals surface area contributed by atoms with E-state index in [0.29, 0.717) is 0 Å². The minimum atomic E-state index is 0.273. The van der Waals surface area contributed by atoms with Gasteiger partial charge in [0, 0.05) is 18.8 Å². The lowest BCUT2D eigenvalue weighted by molar-refractivity contribution is 0.475. The van der Waals surface area contributed by atoms with Crippen LogP contribution in [0.1, 0.15) is 5.56 Å². The number of hydrogen-bond acceptors (Lipinski definition) is 2. The molecule has 0 heterocycles. The number of hydrogen-bond donors (Lipinski definition) is 1. The fourth-order valence-electron chi connectivity index (χ4n) is 1.55. The molecule has 70 valence electrons. The van der Waals surface area contributed by atoms with Gasteiger partial charge >= 0.3 is 0 Å². The normalized spacial score (nSPS) is 11.2. The molecule has 0 amide bonds. The summed E-state index contributed by atoms with van der Waals surface area (Å²) in [5, 5.41) is 11.8. The van der Waals surface area contributed by atoms with Gasteiger partial charge in [-0.05, 0) is 16.8 Å². The third-order valence-corrected chi connectivity index (χ3v) is 2.21. The Balaban J connectivity index is 2.82. The largest absolute Gasteiger partial charge is 0.507 e. The standard InChI is InChI=1S/C12H11NO/c1-13-8-11-10-5-3-2-4-9(10)6-7-12(11)14/h2-8,14H,1H3/i13+1. The van der Waals surface area contributed by atoms with Crippen molar-refractivity contribution in [2.75, 3.05) is 7.05 Å². The highest BCUT2D eigenvalue weighted by Gasteiger charge is 2.02. The van der Waals surface area contributed by atoms with Crippen molar-refractivity contribution in [3.8, 4) is 5.75 Å². The molecule has 0 saturated heterocycles. The van der Waals surface area contributed by atoms with Gasteiger partial charge in [-0.3, -0.25) is 4.99 Å². The fraction of sp³-hybridized carbons (Fsp3) is 0.0833. The molecule has 2 nitrogen and oxygen atoms in total. The summed E-state index contributed by atoms with van der Waals surface area (Å²) in [6.45, 7) is 0. The van der Waals surface area contributed by atoms with Crippen molar-refractivity contribution in [3.05, 3.63) is 42.0 Å². The molecule has 0 unspecified atom stereocenters. The summed E-state index contributed by atoms with van der Waals surface area (Å²) in [4.78, 5) is 3.93. The molecule has 0 aliphatic rings. The van der Waals surface area contributed by atoms with Crippen LogP contribution in [-0.4, -0.2) is 18.4 Å². The first-order valence-electron chi connectivity index (χ1n) is 4.46. The number of phenolic OH excluding ortho intramolecular Hbond substituents is 1. The second-order valence-electron chi connectivity index (χ2n) is 3.11. The predicted octanol–water partition coefficient (Wildman–Crippen LogP) is 2.59. The molecule has 14 heavy (non-hydrogen) atoms. The van der Waals surface area contributed by atoms with E-state index >= 15 is 0 Å². The smallest absolute Gasteiger partial charge is 0.124 e. The van der Waals surface area contributed by atoms with Crippen molar-refractivity contribution in [2.24, 2.45) is 4.99 Å². The summed E-state index contributed by atoms with van der Waals surface area (Å²) in [5.74, 6) is 0.273. The molecular weight excluding hydrogens is 175 g/mol. The van der Waals surface area contributed by atoms with Gasteiger partial charge in [0.1, 0.15) is 5.75 Å². The minimum Gasteiger partial charge on any atom is -0.507 e. The van der Waals surface area contributed by atoms with E-state index in [0.717, 1.165) is 16.3 Å². The van der Waals surface area contributed by atoms with Crippen molar-refractivity contribution >= 4 is 17.0 Å². The maximum atomic E-state index is 9.65. The number of phenols is 1. The van der Waals surface area contributed by atoms with E-state index in [1.165, 1.54) is 0 Å². The van der Waals surface area contributed by atoms with Crippen LogP contribution in [0.3, 0.4) is 0 Å². The lowest BCUT2D eigenvalue weighted by Gasteiger charge is -2.03. The Labute approximate surface area is 82.5 Å². The van der Waals surface area contributed by atoms with Gasteiger partial charge in [0.05, 0.1) is 0 Å². The average molecular weight is 186 g/mol. The van der Waals surface area contributed by atoms with Crippen LogP contribution < -0.4 is 0 Å². The molecule has 2 heteroatoms. The molecule has 0 radical (unpaired) electrons. The van der Waals surface area contributed by atoms with Gasteiger partial charge in [-0.1, -0.05) is 30.3 Å². The van der Waals surface area contributed by atoms with E-state index in [1.807, 2.05) is 30.3 Å². The first-order valence-corrected chi connectivity index (χ1v) is 4.46. The number of nitrogens with zero attached hydrogens (tertiary/aromatic N) is 1. The molecule has 0 saturated carbocycles. The molecule has 0 bridgehead atoms. The van der Waals surface area contributed by atoms with Crippen LogP contribution in [0.15, 0.2) is 41.4 Å². The van der Waals surface area contributed by atoms with Gasteiger partial charge in [-0.25, -0.2) is 0 Å². The molecule has 2 aromatic rings. The van der Waals surface area contributed by atoms with Crippen LogP contribution in [0.5, 0.6) is 5.75 Å². The SMILES string of the molecule is C[15N]=Cc1c(O)ccc2ccccc12. The monoisotopic (exact) mass is 186 g/mol. The van der Waals surface area contributed by atoms with E-state index in [4.69, 9.17) is 0 Å². The predicted molar refractivity (Wildman–Crippen MR) is 59.1 cm³/mol. The highest BCUT2D eigenvalue weighted by molar-refractivity contribution is 6.02. The van der Waals surface area contributed by atoms with Crippen LogP contribution in [0.2, 0.25) is 0 Å². The first kappa shape index (κ1) is 8.75. The van der Waals surface area contributed by atoms with Crippen molar-refractivity contribution < 1.29 is 5.11 Å². The lowest BCUT2D eigenvalue weighted by Crippen LogP contribution is -1.85. The average Bonchev–Trinajstić information content (AvgIpc) is 2.23. The molecule has 0 spiro atoms. The fourth-order valence-corrected chi connectivity index (χ4v) is 1.55. The zero-order valence-corrected chi connectivity index (χ0v) is 7.94. The Morgan fingerprint density at radius 3 is 2.71 bits per heavy atom. The van der Waals surface area contributed by atoms with Crippen LogP contribution in [0.25, 0.3) is 10.8 Å². The maximum absolute atomic E-state index is 9.65. The van der Waals surface area contributed by atoms with Crippen LogP contribution in [0.4, 0.5) is 0 Å². The Morgan fingerprint density at radius 1 is 1.14 bits per heavy atom. The van der Waals surface area contributed by atoms with E-state index < -0.39 is 0 Å². The number of aliphatic imine (C=N–C) groups is 1. The van der Waals surface area contributed by atoms with E-state index in [-0.39, 0.29) is 5.75 Å². The first-order chi connectivity index (χ1) is 6.83. The van der Waals surface area contributed by atoms with E-state index in [1.54, 1.807) is 19.3 Å². The van der Waals surface area contributed by atoms with Crippen molar-refractivity contribution in [2.45, 2.75) is 0 Å². The minimum absolute atomic E-state index is 0.273. The van der Waals surface area contributed by atoms with Crippen LogP contribution >= 0.6 is 0 Å². The Hall–Kier alpha value is -1.83. The second kappa shape index (κ2) is 3.50. The number of rotatable bonds is 1. The van der Waals surface area contributed by atoms with E-state index in [9.17, 15) is 5.11 Å². The highest BCUT2D eigenvalue weighted by Crippen LogP contribution is 2.25. The third kappa shape index (κ3) is 1.35. The van der Waals surface area contributed by atoms with Gasteiger partial charge in [0.25, 0.3) is 0 Å². The molecule has 2 aromatic carbocycles. The quantitative estimate of drug-likeness (QED) is 0.539. The second-order valence-corrected chi connectivity index (χ2v) is 3.11. The molecule has 0 fully saturated rings. The van der Waals surface area contributed by atoms with Crippen LogP contribution in [0, 0.1) is 0 Å². The Bertz CT molecular complexity index is 489. The van der Waals surface area contributed by atoms with Gasteiger partial charge < -0.3 is 5.11 Å². The number of benzene rings is 2. The summed E-state index contributed by atoms with van der Waals surface area (Å²) >= 11 is 0. The summed E-state index contributed by atoms with van der Waals surface area (Å²) in [5.41, 5.74) is 0.783. The number of fused-ring (bicyclic) bond motifs is 1. The van der Waals surface area contributed by atoms with Gasteiger partial charge in [0.15, 0.2) is 0 Å². The van der Waals surface area contributed by atoms with Crippen molar-refractivity contribution in [3.63, 3.8) is 0 Å². The summed E-state index contributed by atoms with van der Waals surface area (Å²) < 4.78 is 0. The number of aromatic hydroxyl groups is 1. The van der Waals surface area contributed by atoms with Gasteiger partial charge in [-0.2, -0.15) is 0 Å². The molecule has 0 aromatic heterocycles. The summed E-state index contributed by atoms with van der Waals surface area (Å²) in [6.07, 6.45) is 1.68. The zero-order valence-electron chi connectivity index (χ0n) is 7.94. The summed E-state index contributed by atoms with van der Waals surface area (Å²) in [6, 6.07) is 11.5. The topological polar surface area (TPSA) is 32.6 Å². The van der Waals surface area contributed by atoms with Crippen molar-refractivity contribution in [1.29, 1.82) is 0 Å². The molecule has 1 N–H and O–H groups in total. The Kier molecular flexibility index (Phi) is 2.19.